The number of nitrogens with zero attached hydrogens (tertiary/aromatic N) is 8. The van der Waals surface area contributed by atoms with Gasteiger partial charge in [-0.05, 0) is 75.8 Å². The van der Waals surface area contributed by atoms with E-state index in [1.54, 1.807) is 0 Å². The molecule has 13 heteroatoms. The van der Waals surface area contributed by atoms with Crippen LogP contribution in [0.25, 0.3) is 0 Å². The van der Waals surface area contributed by atoms with E-state index in [-0.39, 0.29) is 11.5 Å². The number of piperazine rings is 1. The normalized spacial score (nSPS) is 31.4. The van der Waals surface area contributed by atoms with E-state index in [2.05, 4.69) is 55.9 Å². The second kappa shape index (κ2) is 9.43. The fourth-order valence-corrected chi connectivity index (χ4v) is 7.80. The zero-order valence-corrected chi connectivity index (χ0v) is 22.1. The number of pyridine rings is 1. The number of nitriles is 1. The highest BCUT2D eigenvalue weighted by molar-refractivity contribution is 5.92. The average Bonchev–Trinajstić information content (AvgIpc) is 3.46. The van der Waals surface area contributed by atoms with E-state index >= 15 is 0 Å². The van der Waals surface area contributed by atoms with E-state index in [1.165, 1.54) is 6.07 Å². The van der Waals surface area contributed by atoms with Crippen molar-refractivity contribution < 1.29 is 13.2 Å². The molecule has 39 heavy (non-hydrogen) atoms. The summed E-state index contributed by atoms with van der Waals surface area (Å²) in [6, 6.07) is 2.66. The largest absolute Gasteiger partial charge is 0.417 e. The second-order valence-corrected chi connectivity index (χ2v) is 12.1. The molecule has 0 radical (unpaired) electrons. The minimum Gasteiger partial charge on any atom is -0.354 e. The number of aliphatic imine (C=N–C) groups is 1. The zero-order valence-electron chi connectivity index (χ0n) is 22.1. The molecule has 2 unspecified atom stereocenters. The molecule has 0 spiro atoms. The van der Waals surface area contributed by atoms with Crippen LogP contribution in [-0.4, -0.2) is 74.1 Å². The number of alkyl halides is 3. The number of hydrogen-bond donors (Lipinski definition) is 2. The molecule has 208 valence electrons. The maximum absolute atomic E-state index is 12.9. The van der Waals surface area contributed by atoms with Gasteiger partial charge in [0, 0.05) is 37.8 Å². The fraction of sp³-hybridized carbons (Fsp3) is 0.692. The number of H-pyrrole nitrogens is 1. The van der Waals surface area contributed by atoms with Crippen molar-refractivity contribution in [2.45, 2.75) is 69.1 Å². The number of amidine groups is 1. The van der Waals surface area contributed by atoms with Crippen molar-refractivity contribution in [1.82, 2.24) is 35.8 Å². The van der Waals surface area contributed by atoms with Gasteiger partial charge in [0.05, 0.1) is 17.1 Å². The maximum atomic E-state index is 12.9. The fourth-order valence-electron chi connectivity index (χ4n) is 7.80. The lowest BCUT2D eigenvalue weighted by atomic mass is 9.47. The molecule has 5 fully saturated rings. The third-order valence-electron chi connectivity index (χ3n) is 9.54. The monoisotopic (exact) mass is 542 g/mol. The lowest BCUT2D eigenvalue weighted by molar-refractivity contribution is -0.137. The highest BCUT2D eigenvalue weighted by Gasteiger charge is 2.58. The first-order valence-electron chi connectivity index (χ1n) is 13.6. The van der Waals surface area contributed by atoms with Gasteiger partial charge in [0.15, 0.2) is 12.0 Å². The quantitative estimate of drug-likeness (QED) is 0.256. The Morgan fingerprint density at radius 3 is 2.41 bits per heavy atom. The summed E-state index contributed by atoms with van der Waals surface area (Å²) in [7, 11) is 0. The number of rotatable bonds is 5. The Hall–Kier alpha value is -3.27. The van der Waals surface area contributed by atoms with Gasteiger partial charge in [-0.1, -0.05) is 5.21 Å². The van der Waals surface area contributed by atoms with Crippen LogP contribution >= 0.6 is 0 Å². The SMILES string of the molecule is CC(C)(C(=NC1C2CC3CC1CC(c1nn[nH]n1)(C3)C2)NC#N)N1CCN(c2ccc(C(F)(F)F)cn2)CC1. The molecule has 0 amide bonds. The second-order valence-electron chi connectivity index (χ2n) is 12.1. The first-order chi connectivity index (χ1) is 18.6. The summed E-state index contributed by atoms with van der Waals surface area (Å²) in [5.41, 5.74) is -1.28. The summed E-state index contributed by atoms with van der Waals surface area (Å²) in [5.74, 6) is 3.54. The Balaban J connectivity index is 1.17. The van der Waals surface area contributed by atoms with Gasteiger partial charge >= 0.3 is 6.18 Å². The van der Waals surface area contributed by atoms with Gasteiger partial charge in [0.1, 0.15) is 11.7 Å². The van der Waals surface area contributed by atoms with Gasteiger partial charge < -0.3 is 4.90 Å². The van der Waals surface area contributed by atoms with Crippen LogP contribution in [0.2, 0.25) is 0 Å². The molecule has 1 saturated heterocycles. The standard InChI is InChI=1S/C26H33F3N10/c1-24(2,39-7-5-38(6-8-39)20-4-3-19(14-31-20)26(27,28)29)22(32-15-30)33-21-17-9-16-10-18(21)13-25(11-16,12-17)23-34-36-37-35-23/h3-4,14,16-18,21H,5-13H2,1-2H3,(H,32,33)(H,34,35,36,37). The van der Waals surface area contributed by atoms with Crippen molar-refractivity contribution in [3.8, 4) is 6.19 Å². The van der Waals surface area contributed by atoms with Crippen molar-refractivity contribution in [1.29, 1.82) is 5.26 Å². The average molecular weight is 543 g/mol. The minimum atomic E-state index is -4.40. The number of halogens is 3. The van der Waals surface area contributed by atoms with E-state index in [9.17, 15) is 18.4 Å². The third-order valence-corrected chi connectivity index (χ3v) is 9.54. The van der Waals surface area contributed by atoms with Crippen LogP contribution in [0.1, 0.15) is 57.3 Å². The molecule has 4 saturated carbocycles. The molecule has 7 rings (SSSR count). The first-order valence-corrected chi connectivity index (χ1v) is 13.6. The molecule has 2 aromatic heterocycles. The van der Waals surface area contributed by atoms with Crippen molar-refractivity contribution in [3.63, 3.8) is 0 Å². The molecule has 0 aromatic carbocycles. The summed E-state index contributed by atoms with van der Waals surface area (Å²) < 4.78 is 38.8. The molecule has 4 aliphatic carbocycles. The molecule has 3 heterocycles. The molecule has 1 aliphatic heterocycles. The van der Waals surface area contributed by atoms with Crippen LogP contribution in [0, 0.1) is 29.2 Å². The number of hydrogen-bond acceptors (Lipinski definition) is 8. The molecule has 2 atom stereocenters. The maximum Gasteiger partial charge on any atom is 0.417 e. The molecular formula is C26H33F3N10. The molecule has 2 aromatic rings. The van der Waals surface area contributed by atoms with E-state index < -0.39 is 17.3 Å². The Morgan fingerprint density at radius 1 is 1.13 bits per heavy atom. The van der Waals surface area contributed by atoms with Crippen molar-refractivity contribution in [3.05, 3.63) is 29.7 Å². The summed E-state index contributed by atoms with van der Waals surface area (Å²) in [5, 5.41) is 27.7. The third kappa shape index (κ3) is 4.62. The van der Waals surface area contributed by atoms with Gasteiger partial charge in [-0.25, -0.2) is 4.98 Å². The van der Waals surface area contributed by atoms with Gasteiger partial charge in [0.25, 0.3) is 0 Å². The van der Waals surface area contributed by atoms with Crippen molar-refractivity contribution >= 4 is 11.7 Å². The highest BCUT2D eigenvalue weighted by atomic mass is 19.4. The van der Waals surface area contributed by atoms with E-state index in [1.807, 2.05) is 4.90 Å². The lowest BCUT2D eigenvalue weighted by Gasteiger charge is -2.58. The van der Waals surface area contributed by atoms with Crippen LogP contribution in [0.3, 0.4) is 0 Å². The van der Waals surface area contributed by atoms with E-state index in [4.69, 9.17) is 4.99 Å². The Morgan fingerprint density at radius 2 is 1.85 bits per heavy atom. The van der Waals surface area contributed by atoms with Crippen LogP contribution < -0.4 is 10.2 Å². The summed E-state index contributed by atoms with van der Waals surface area (Å²) in [6.45, 7) is 6.74. The Bertz CT molecular complexity index is 1230. The Kier molecular flexibility index (Phi) is 6.28. The predicted octanol–water partition coefficient (Wildman–Crippen LogP) is 3.13. The smallest absolute Gasteiger partial charge is 0.354 e. The molecule has 2 N–H and O–H groups in total. The summed E-state index contributed by atoms with van der Waals surface area (Å²) in [6.07, 6.45) is 3.99. The van der Waals surface area contributed by atoms with E-state index in [0.29, 0.717) is 55.6 Å². The molecular weight excluding hydrogens is 509 g/mol. The van der Waals surface area contributed by atoms with Crippen LogP contribution in [0.5, 0.6) is 0 Å². The number of anilines is 1. The highest BCUT2D eigenvalue weighted by Crippen LogP contribution is 2.60. The lowest BCUT2D eigenvalue weighted by Crippen LogP contribution is -2.61. The molecule has 10 nitrogen and oxygen atoms in total. The topological polar surface area (TPSA) is 122 Å². The van der Waals surface area contributed by atoms with Crippen molar-refractivity contribution in [2.75, 3.05) is 31.1 Å². The van der Waals surface area contributed by atoms with Gasteiger partial charge in [0.2, 0.25) is 0 Å². The minimum absolute atomic E-state index is 0.0173. The number of aromatic nitrogens is 5. The van der Waals surface area contributed by atoms with Crippen LogP contribution in [0.4, 0.5) is 19.0 Å². The molecule has 5 aliphatic rings. The van der Waals surface area contributed by atoms with Gasteiger partial charge in [-0.15, -0.1) is 10.2 Å². The predicted molar refractivity (Wildman–Crippen MR) is 136 cm³/mol. The first kappa shape index (κ1) is 26.0. The van der Waals surface area contributed by atoms with Crippen LogP contribution in [-0.2, 0) is 11.6 Å². The number of tetrazole rings is 1. The van der Waals surface area contributed by atoms with Gasteiger partial charge in [-0.3, -0.25) is 15.2 Å². The van der Waals surface area contributed by atoms with Crippen molar-refractivity contribution in [2.24, 2.45) is 22.7 Å². The Labute approximate surface area is 225 Å². The summed E-state index contributed by atoms with van der Waals surface area (Å²) >= 11 is 0. The number of aromatic amines is 1. The van der Waals surface area contributed by atoms with Crippen LogP contribution in [0.15, 0.2) is 23.3 Å². The van der Waals surface area contributed by atoms with Gasteiger partial charge in [-0.2, -0.15) is 23.6 Å². The number of nitrogens with one attached hydrogen (secondary N) is 2. The summed E-state index contributed by atoms with van der Waals surface area (Å²) in [4.78, 5) is 13.6. The zero-order chi connectivity index (χ0) is 27.4. The molecule has 4 bridgehead atoms. The van der Waals surface area contributed by atoms with E-state index in [0.717, 1.165) is 50.2 Å².